The first-order chi connectivity index (χ1) is 8.97. The third-order valence-corrected chi connectivity index (χ3v) is 2.70. The second kappa shape index (κ2) is 4.89. The van der Waals surface area contributed by atoms with Crippen LogP contribution >= 0.6 is 0 Å². The molecule has 19 heavy (non-hydrogen) atoms. The van der Waals surface area contributed by atoms with Crippen molar-refractivity contribution in [1.82, 2.24) is 0 Å². The van der Waals surface area contributed by atoms with Crippen LogP contribution in [0.4, 0.5) is 5.69 Å². The lowest BCUT2D eigenvalue weighted by Crippen LogP contribution is -2.04. The average molecular weight is 259 g/mol. The number of nitrogen functional groups attached to an aromatic ring is 1. The molecule has 5 nitrogen and oxygen atoms in total. The molecule has 0 aromatic heterocycles. The summed E-state index contributed by atoms with van der Waals surface area (Å²) in [5.41, 5.74) is 6.64. The van der Waals surface area contributed by atoms with Crippen molar-refractivity contribution in [1.29, 1.82) is 0 Å². The highest BCUT2D eigenvalue weighted by atomic mass is 16.3. The van der Waals surface area contributed by atoms with Gasteiger partial charge in [0.25, 0.3) is 0 Å². The van der Waals surface area contributed by atoms with Crippen molar-refractivity contribution >= 4 is 11.5 Å². The standard InChI is InChI=1S/C14H13NO4/c15-9-3-1-8(2-4-9)5-11(17)14-12(18)6-10(16)7-13(14)19/h1-4,6-7,16,18-19H,5,15H2. The van der Waals surface area contributed by atoms with Crippen molar-refractivity contribution in [3.8, 4) is 17.2 Å². The maximum atomic E-state index is 12.0. The van der Waals surface area contributed by atoms with Gasteiger partial charge in [0.15, 0.2) is 5.78 Å². The zero-order chi connectivity index (χ0) is 14.0. The van der Waals surface area contributed by atoms with Gasteiger partial charge in [0.05, 0.1) is 0 Å². The lowest BCUT2D eigenvalue weighted by molar-refractivity contribution is 0.0987. The predicted octanol–water partition coefficient (Wildman–Crippen LogP) is 1.81. The number of ketones is 1. The van der Waals surface area contributed by atoms with Gasteiger partial charge in [0.2, 0.25) is 0 Å². The number of aromatic hydroxyl groups is 3. The fourth-order valence-electron chi connectivity index (χ4n) is 1.79. The van der Waals surface area contributed by atoms with Gasteiger partial charge in [-0.05, 0) is 17.7 Å². The summed E-state index contributed by atoms with van der Waals surface area (Å²) in [6, 6.07) is 8.74. The molecule has 0 spiro atoms. The van der Waals surface area contributed by atoms with Gasteiger partial charge in [-0.1, -0.05) is 12.1 Å². The lowest BCUT2D eigenvalue weighted by atomic mass is 10.0. The van der Waals surface area contributed by atoms with Crippen LogP contribution in [0, 0.1) is 0 Å². The van der Waals surface area contributed by atoms with Gasteiger partial charge in [0, 0.05) is 24.2 Å². The van der Waals surface area contributed by atoms with Crippen LogP contribution in [-0.4, -0.2) is 21.1 Å². The molecule has 0 bridgehead atoms. The van der Waals surface area contributed by atoms with Crippen LogP contribution in [0.25, 0.3) is 0 Å². The Bertz CT molecular complexity index is 597. The van der Waals surface area contributed by atoms with Gasteiger partial charge in [-0.3, -0.25) is 4.79 Å². The van der Waals surface area contributed by atoms with Gasteiger partial charge in [-0.2, -0.15) is 0 Å². The van der Waals surface area contributed by atoms with Crippen LogP contribution in [0.1, 0.15) is 15.9 Å². The number of hydrogen-bond donors (Lipinski definition) is 4. The molecular weight excluding hydrogens is 246 g/mol. The Labute approximate surface area is 109 Å². The number of phenolic OH excluding ortho intramolecular Hbond substituents is 3. The molecule has 98 valence electrons. The van der Waals surface area contributed by atoms with Crippen molar-refractivity contribution in [2.75, 3.05) is 5.73 Å². The Morgan fingerprint density at radius 2 is 1.53 bits per heavy atom. The minimum absolute atomic E-state index is 0.0200. The average Bonchev–Trinajstić information content (AvgIpc) is 2.30. The number of Topliss-reactive ketones (excluding diaryl/α,β-unsaturated/α-hetero) is 1. The van der Waals surface area contributed by atoms with E-state index in [1.165, 1.54) is 0 Å². The van der Waals surface area contributed by atoms with Crippen LogP contribution in [0.3, 0.4) is 0 Å². The number of nitrogens with two attached hydrogens (primary N) is 1. The number of hydrogen-bond acceptors (Lipinski definition) is 5. The monoisotopic (exact) mass is 259 g/mol. The molecule has 0 heterocycles. The summed E-state index contributed by atoms with van der Waals surface area (Å²) in [5, 5.41) is 28.4. The Morgan fingerprint density at radius 3 is 2.05 bits per heavy atom. The molecule has 2 aromatic rings. The molecule has 0 radical (unpaired) electrons. The Kier molecular flexibility index (Phi) is 3.29. The Balaban J connectivity index is 2.28. The number of carbonyl (C=O) groups excluding carboxylic acids is 1. The van der Waals surface area contributed by atoms with Crippen LogP contribution in [0.2, 0.25) is 0 Å². The summed E-state index contributed by atoms with van der Waals surface area (Å²) in [4.78, 5) is 12.0. The number of phenols is 3. The third kappa shape index (κ3) is 2.77. The molecule has 5 N–H and O–H groups in total. The van der Waals surface area contributed by atoms with E-state index in [1.807, 2.05) is 0 Å². The van der Waals surface area contributed by atoms with Crippen molar-refractivity contribution in [3.05, 3.63) is 47.5 Å². The van der Waals surface area contributed by atoms with Crippen molar-refractivity contribution in [2.45, 2.75) is 6.42 Å². The van der Waals surface area contributed by atoms with E-state index in [1.54, 1.807) is 24.3 Å². The maximum absolute atomic E-state index is 12.0. The van der Waals surface area contributed by atoms with Crippen LogP contribution in [-0.2, 0) is 6.42 Å². The summed E-state index contributed by atoms with van der Waals surface area (Å²) in [6.07, 6.45) is 0.0200. The van der Waals surface area contributed by atoms with E-state index in [9.17, 15) is 20.1 Å². The molecule has 2 aromatic carbocycles. The molecular formula is C14H13NO4. The van der Waals surface area contributed by atoms with Gasteiger partial charge >= 0.3 is 0 Å². The molecule has 0 amide bonds. The summed E-state index contributed by atoms with van der Waals surface area (Å²) in [6.45, 7) is 0. The molecule has 0 aliphatic rings. The summed E-state index contributed by atoms with van der Waals surface area (Å²) >= 11 is 0. The van der Waals surface area contributed by atoms with Crippen molar-refractivity contribution in [2.24, 2.45) is 0 Å². The highest BCUT2D eigenvalue weighted by Crippen LogP contribution is 2.32. The maximum Gasteiger partial charge on any atom is 0.174 e. The Morgan fingerprint density at radius 1 is 1.00 bits per heavy atom. The van der Waals surface area contributed by atoms with Gasteiger partial charge in [0.1, 0.15) is 22.8 Å². The zero-order valence-corrected chi connectivity index (χ0v) is 10.00. The minimum atomic E-state index is -0.446. The molecule has 0 unspecified atom stereocenters. The summed E-state index contributed by atoms with van der Waals surface area (Å²) in [7, 11) is 0. The van der Waals surface area contributed by atoms with Crippen LogP contribution in [0.5, 0.6) is 17.2 Å². The highest BCUT2D eigenvalue weighted by Gasteiger charge is 2.17. The van der Waals surface area contributed by atoms with Crippen LogP contribution in [0.15, 0.2) is 36.4 Å². The summed E-state index contributed by atoms with van der Waals surface area (Å²) in [5.74, 6) is -1.64. The van der Waals surface area contributed by atoms with E-state index < -0.39 is 17.3 Å². The molecule has 0 saturated heterocycles. The lowest BCUT2D eigenvalue weighted by Gasteiger charge is -2.07. The van der Waals surface area contributed by atoms with E-state index >= 15 is 0 Å². The fraction of sp³-hybridized carbons (Fsp3) is 0.0714. The Hall–Kier alpha value is -2.69. The summed E-state index contributed by atoms with van der Waals surface area (Å²) < 4.78 is 0. The fourth-order valence-corrected chi connectivity index (χ4v) is 1.79. The highest BCUT2D eigenvalue weighted by molar-refractivity contribution is 6.02. The molecule has 0 saturated carbocycles. The first kappa shape index (κ1) is 12.8. The molecule has 0 atom stereocenters. The third-order valence-electron chi connectivity index (χ3n) is 2.70. The topological polar surface area (TPSA) is 104 Å². The van der Waals surface area contributed by atoms with E-state index in [0.29, 0.717) is 11.3 Å². The largest absolute Gasteiger partial charge is 0.508 e. The van der Waals surface area contributed by atoms with E-state index in [-0.39, 0.29) is 17.7 Å². The van der Waals surface area contributed by atoms with Gasteiger partial charge < -0.3 is 21.1 Å². The van der Waals surface area contributed by atoms with E-state index in [2.05, 4.69) is 0 Å². The molecule has 2 rings (SSSR count). The van der Waals surface area contributed by atoms with Gasteiger partial charge in [-0.25, -0.2) is 0 Å². The predicted molar refractivity (Wildman–Crippen MR) is 70.3 cm³/mol. The van der Waals surface area contributed by atoms with Gasteiger partial charge in [-0.15, -0.1) is 0 Å². The first-order valence-electron chi connectivity index (χ1n) is 5.60. The minimum Gasteiger partial charge on any atom is -0.508 e. The number of rotatable bonds is 3. The quantitative estimate of drug-likeness (QED) is 0.497. The smallest absolute Gasteiger partial charge is 0.174 e. The first-order valence-corrected chi connectivity index (χ1v) is 5.60. The zero-order valence-electron chi connectivity index (χ0n) is 10.00. The number of anilines is 1. The normalized spacial score (nSPS) is 10.3. The molecule has 0 fully saturated rings. The van der Waals surface area contributed by atoms with E-state index in [0.717, 1.165) is 12.1 Å². The van der Waals surface area contributed by atoms with Crippen molar-refractivity contribution < 1.29 is 20.1 Å². The second-order valence-electron chi connectivity index (χ2n) is 4.20. The SMILES string of the molecule is Nc1ccc(CC(=O)c2c(O)cc(O)cc2O)cc1. The second-order valence-corrected chi connectivity index (χ2v) is 4.20. The number of carbonyl (C=O) groups is 1. The van der Waals surface area contributed by atoms with Crippen LogP contribution < -0.4 is 5.73 Å². The molecule has 5 heteroatoms. The molecule has 0 aliphatic carbocycles. The van der Waals surface area contributed by atoms with Crippen molar-refractivity contribution in [3.63, 3.8) is 0 Å². The number of benzene rings is 2. The van der Waals surface area contributed by atoms with E-state index in [4.69, 9.17) is 5.73 Å². The molecule has 0 aliphatic heterocycles.